The quantitative estimate of drug-likeness (QED) is 0.779. The van der Waals surface area contributed by atoms with E-state index in [4.69, 9.17) is 15.2 Å². The van der Waals surface area contributed by atoms with Gasteiger partial charge in [0, 0.05) is 12.0 Å². The van der Waals surface area contributed by atoms with Crippen LogP contribution in [0.4, 0.5) is 5.00 Å². The highest BCUT2D eigenvalue weighted by Gasteiger charge is 2.40. The molecule has 1 aromatic rings. The molecule has 25 heavy (non-hydrogen) atoms. The number of nitrogens with zero attached hydrogens (tertiary/aromatic N) is 1. The number of nitriles is 1. The van der Waals surface area contributed by atoms with E-state index in [9.17, 15) is 14.9 Å². The summed E-state index contributed by atoms with van der Waals surface area (Å²) in [4.78, 5) is 24.5. The van der Waals surface area contributed by atoms with Crippen LogP contribution in [0, 0.1) is 29.1 Å². The topological polar surface area (TPSA) is 102 Å². The maximum atomic E-state index is 12.2. The van der Waals surface area contributed by atoms with Gasteiger partial charge in [0.2, 0.25) is 0 Å². The molecule has 2 bridgehead atoms. The molecule has 1 aromatic heterocycles. The Morgan fingerprint density at radius 3 is 2.72 bits per heavy atom. The normalized spacial score (nSPS) is 24.1. The van der Waals surface area contributed by atoms with Gasteiger partial charge >= 0.3 is 11.9 Å². The molecule has 2 aliphatic carbocycles. The van der Waals surface area contributed by atoms with Crippen LogP contribution < -0.4 is 5.73 Å². The first-order chi connectivity index (χ1) is 12.0. The number of carbonyl (C=O) groups is 2. The van der Waals surface area contributed by atoms with E-state index in [0.717, 1.165) is 23.7 Å². The van der Waals surface area contributed by atoms with Crippen LogP contribution >= 0.6 is 11.3 Å². The zero-order valence-corrected chi connectivity index (χ0v) is 15.1. The minimum absolute atomic E-state index is 0.121. The van der Waals surface area contributed by atoms with E-state index in [1.54, 1.807) is 6.92 Å². The summed E-state index contributed by atoms with van der Waals surface area (Å²) in [5.41, 5.74) is 6.36. The number of anilines is 1. The molecular formula is C18H22N2O4S. The summed E-state index contributed by atoms with van der Waals surface area (Å²) in [5.74, 6) is 1.03. The molecule has 0 aromatic carbocycles. The molecule has 0 saturated heterocycles. The lowest BCUT2D eigenvalue weighted by molar-refractivity contribution is -0.146. The third-order valence-corrected chi connectivity index (χ3v) is 6.34. The maximum absolute atomic E-state index is 12.2. The Balaban J connectivity index is 1.64. The van der Waals surface area contributed by atoms with Crippen LogP contribution in [0.1, 0.15) is 59.8 Å². The second kappa shape index (κ2) is 7.44. The van der Waals surface area contributed by atoms with E-state index < -0.39 is 5.97 Å². The van der Waals surface area contributed by atoms with Gasteiger partial charge in [0.25, 0.3) is 0 Å². The van der Waals surface area contributed by atoms with Crippen molar-refractivity contribution in [2.45, 2.75) is 45.6 Å². The van der Waals surface area contributed by atoms with Crippen LogP contribution in [0.25, 0.3) is 0 Å². The van der Waals surface area contributed by atoms with E-state index in [1.807, 2.05) is 6.07 Å². The van der Waals surface area contributed by atoms with Gasteiger partial charge in [0.05, 0.1) is 12.2 Å². The molecular weight excluding hydrogens is 340 g/mol. The molecule has 0 aliphatic heterocycles. The van der Waals surface area contributed by atoms with Gasteiger partial charge in [-0.05, 0) is 43.9 Å². The number of nitrogen functional groups attached to an aromatic ring is 1. The fraction of sp³-hybridized carbons (Fsp3) is 0.611. The molecule has 2 saturated carbocycles. The summed E-state index contributed by atoms with van der Waals surface area (Å²) in [6.45, 7) is 1.81. The molecule has 7 heteroatoms. The second-order valence-electron chi connectivity index (χ2n) is 6.78. The number of hydrogen-bond acceptors (Lipinski definition) is 7. The highest BCUT2D eigenvalue weighted by atomic mass is 32.1. The number of fused-ring (bicyclic) bond motifs is 2. The number of thiophene rings is 1. The number of ether oxygens (including phenoxy) is 2. The van der Waals surface area contributed by atoms with Crippen molar-refractivity contribution in [1.82, 2.24) is 0 Å². The fourth-order valence-corrected chi connectivity index (χ4v) is 5.08. The predicted molar refractivity (Wildman–Crippen MR) is 92.8 cm³/mol. The van der Waals surface area contributed by atoms with Crippen molar-refractivity contribution in [3.8, 4) is 6.07 Å². The molecule has 1 heterocycles. The van der Waals surface area contributed by atoms with Crippen LogP contribution in [-0.4, -0.2) is 18.5 Å². The molecule has 2 fully saturated rings. The Hall–Kier alpha value is -2.07. The summed E-state index contributed by atoms with van der Waals surface area (Å²) in [6, 6.07) is 1.99. The van der Waals surface area contributed by atoms with E-state index in [0.29, 0.717) is 23.8 Å². The minimum Gasteiger partial charge on any atom is -0.462 e. The predicted octanol–water partition coefficient (Wildman–Crippen LogP) is 3.25. The molecule has 0 spiro atoms. The Morgan fingerprint density at radius 2 is 2.12 bits per heavy atom. The first-order valence-corrected chi connectivity index (χ1v) is 9.49. The number of carbonyl (C=O) groups excluding carboxylic acids is 2. The van der Waals surface area contributed by atoms with E-state index >= 15 is 0 Å². The summed E-state index contributed by atoms with van der Waals surface area (Å²) >= 11 is 0.997. The van der Waals surface area contributed by atoms with Crippen molar-refractivity contribution in [3.63, 3.8) is 0 Å². The molecule has 0 radical (unpaired) electrons. The minimum atomic E-state index is -0.542. The fourth-order valence-electron chi connectivity index (χ4n) is 4.16. The van der Waals surface area contributed by atoms with Gasteiger partial charge in [-0.15, -0.1) is 11.3 Å². The van der Waals surface area contributed by atoms with Crippen LogP contribution in [0.3, 0.4) is 0 Å². The highest BCUT2D eigenvalue weighted by molar-refractivity contribution is 7.18. The average molecular weight is 362 g/mol. The van der Waals surface area contributed by atoms with Crippen LogP contribution in [0.5, 0.6) is 0 Å². The van der Waals surface area contributed by atoms with Gasteiger partial charge in [0.1, 0.15) is 22.6 Å². The maximum Gasteiger partial charge on any atom is 0.348 e. The van der Waals surface area contributed by atoms with Crippen LogP contribution in [-0.2, 0) is 20.9 Å². The van der Waals surface area contributed by atoms with Crippen molar-refractivity contribution < 1.29 is 19.1 Å². The van der Waals surface area contributed by atoms with Crippen molar-refractivity contribution >= 4 is 28.3 Å². The summed E-state index contributed by atoms with van der Waals surface area (Å²) in [7, 11) is 0. The largest absolute Gasteiger partial charge is 0.462 e. The van der Waals surface area contributed by atoms with Crippen LogP contribution in [0.15, 0.2) is 0 Å². The number of hydrogen-bond donors (Lipinski definition) is 1. The molecule has 0 unspecified atom stereocenters. The first-order valence-electron chi connectivity index (χ1n) is 8.67. The van der Waals surface area contributed by atoms with Crippen molar-refractivity contribution in [2.24, 2.45) is 17.8 Å². The molecule has 2 aliphatic rings. The first kappa shape index (κ1) is 17.7. The van der Waals surface area contributed by atoms with Gasteiger partial charge in [-0.25, -0.2) is 4.79 Å². The summed E-state index contributed by atoms with van der Waals surface area (Å²) < 4.78 is 10.4. The molecule has 2 N–H and O–H groups in total. The van der Waals surface area contributed by atoms with Gasteiger partial charge in [-0.3, -0.25) is 4.79 Å². The molecule has 134 valence electrons. The Labute approximate surface area is 150 Å². The van der Waals surface area contributed by atoms with Crippen molar-refractivity contribution in [3.05, 3.63) is 16.0 Å². The standard InChI is InChI=1S/C18H22N2O4S/c1-2-23-18(22)16-14(13(8-19)17(20)25-16)9-24-15(21)7-12-6-10-3-4-11(12)5-10/h10-12H,2-7,9,20H2,1H3/t10-,11+,12-/m0/s1. The van der Waals surface area contributed by atoms with Crippen LogP contribution in [0.2, 0.25) is 0 Å². The zero-order chi connectivity index (χ0) is 18.0. The molecule has 6 nitrogen and oxygen atoms in total. The van der Waals surface area contributed by atoms with E-state index in [2.05, 4.69) is 0 Å². The van der Waals surface area contributed by atoms with Gasteiger partial charge in [0.15, 0.2) is 0 Å². The lowest BCUT2D eigenvalue weighted by Crippen LogP contribution is -2.17. The SMILES string of the molecule is CCOC(=O)c1sc(N)c(C#N)c1COC(=O)C[C@@H]1C[C@H]2CC[C@@H]1C2. The van der Waals surface area contributed by atoms with Gasteiger partial charge < -0.3 is 15.2 Å². The zero-order valence-electron chi connectivity index (χ0n) is 14.2. The number of rotatable bonds is 6. The van der Waals surface area contributed by atoms with Crippen molar-refractivity contribution in [1.29, 1.82) is 5.26 Å². The Bertz CT molecular complexity index is 721. The molecule has 3 atom stereocenters. The smallest absolute Gasteiger partial charge is 0.348 e. The number of esters is 2. The number of nitrogens with two attached hydrogens (primary N) is 1. The molecule has 3 rings (SSSR count). The highest BCUT2D eigenvalue weighted by Crippen LogP contribution is 2.49. The summed E-state index contributed by atoms with van der Waals surface area (Å²) in [5, 5.41) is 9.52. The third-order valence-electron chi connectivity index (χ3n) is 5.30. The lowest BCUT2D eigenvalue weighted by atomic mass is 9.86. The Morgan fingerprint density at radius 1 is 1.32 bits per heavy atom. The Kier molecular flexibility index (Phi) is 5.28. The van der Waals surface area contributed by atoms with Crippen molar-refractivity contribution in [2.75, 3.05) is 12.3 Å². The van der Waals surface area contributed by atoms with E-state index in [1.165, 1.54) is 19.3 Å². The third kappa shape index (κ3) is 3.64. The van der Waals surface area contributed by atoms with Gasteiger partial charge in [-0.2, -0.15) is 5.26 Å². The lowest BCUT2D eigenvalue weighted by Gasteiger charge is -2.20. The molecule has 0 amide bonds. The summed E-state index contributed by atoms with van der Waals surface area (Å²) in [6.07, 6.45) is 5.28. The monoisotopic (exact) mass is 362 g/mol. The second-order valence-corrected chi connectivity index (χ2v) is 7.83. The van der Waals surface area contributed by atoms with Gasteiger partial charge in [-0.1, -0.05) is 6.42 Å². The average Bonchev–Trinajstić information content (AvgIpc) is 3.27. The van der Waals surface area contributed by atoms with E-state index in [-0.39, 0.29) is 34.6 Å².